The first-order chi connectivity index (χ1) is 14.0. The summed E-state index contributed by atoms with van der Waals surface area (Å²) in [5.74, 6) is -0.479. The normalized spacial score (nSPS) is 24.8. The molecule has 3 rings (SSSR count). The van der Waals surface area contributed by atoms with E-state index in [1.807, 2.05) is 0 Å². The fourth-order valence-electron chi connectivity index (χ4n) is 3.99. The van der Waals surface area contributed by atoms with Gasteiger partial charge in [-0.2, -0.15) is 0 Å². The SMILES string of the molecule is O=C(C[C@H]1CC[C@H](NC(=O)NC2CCCC2)[C@H](CO)O1)NCc1ccc(F)cc1. The van der Waals surface area contributed by atoms with Crippen LogP contribution < -0.4 is 16.0 Å². The van der Waals surface area contributed by atoms with Crippen molar-refractivity contribution in [2.24, 2.45) is 0 Å². The van der Waals surface area contributed by atoms with E-state index in [2.05, 4.69) is 16.0 Å². The Bertz CT molecular complexity index is 679. The second-order valence-electron chi connectivity index (χ2n) is 7.87. The molecule has 4 N–H and O–H groups in total. The molecule has 160 valence electrons. The van der Waals surface area contributed by atoms with Crippen molar-refractivity contribution in [3.63, 3.8) is 0 Å². The van der Waals surface area contributed by atoms with Gasteiger partial charge in [-0.15, -0.1) is 0 Å². The average Bonchev–Trinajstić information content (AvgIpc) is 3.21. The first-order valence-corrected chi connectivity index (χ1v) is 10.4. The number of nitrogens with one attached hydrogen (secondary N) is 3. The van der Waals surface area contributed by atoms with Gasteiger partial charge in [-0.1, -0.05) is 25.0 Å². The third-order valence-corrected chi connectivity index (χ3v) is 5.62. The first kappa shape index (κ1) is 21.5. The molecule has 3 atom stereocenters. The van der Waals surface area contributed by atoms with Gasteiger partial charge in [0.05, 0.1) is 25.2 Å². The van der Waals surface area contributed by atoms with E-state index in [4.69, 9.17) is 4.74 Å². The van der Waals surface area contributed by atoms with E-state index in [-0.39, 0.29) is 49.0 Å². The molecule has 0 spiro atoms. The van der Waals surface area contributed by atoms with Crippen LogP contribution in [0.1, 0.15) is 50.5 Å². The molecular formula is C21H30FN3O4. The van der Waals surface area contributed by atoms with Crippen LogP contribution >= 0.6 is 0 Å². The first-order valence-electron chi connectivity index (χ1n) is 10.4. The molecule has 1 aromatic rings. The van der Waals surface area contributed by atoms with Crippen molar-refractivity contribution < 1.29 is 23.8 Å². The number of hydrogen-bond donors (Lipinski definition) is 4. The molecule has 1 aliphatic carbocycles. The lowest BCUT2D eigenvalue weighted by atomic mass is 9.97. The van der Waals surface area contributed by atoms with E-state index in [0.29, 0.717) is 19.4 Å². The third kappa shape index (κ3) is 6.68. The zero-order chi connectivity index (χ0) is 20.6. The van der Waals surface area contributed by atoms with Crippen LogP contribution in [0.3, 0.4) is 0 Å². The van der Waals surface area contributed by atoms with E-state index in [1.54, 1.807) is 12.1 Å². The minimum Gasteiger partial charge on any atom is -0.394 e. The Labute approximate surface area is 170 Å². The largest absolute Gasteiger partial charge is 0.394 e. The highest BCUT2D eigenvalue weighted by atomic mass is 19.1. The van der Waals surface area contributed by atoms with E-state index in [9.17, 15) is 19.1 Å². The summed E-state index contributed by atoms with van der Waals surface area (Å²) in [5.41, 5.74) is 0.815. The van der Waals surface area contributed by atoms with Crippen LogP contribution in [0.4, 0.5) is 9.18 Å². The van der Waals surface area contributed by atoms with Crippen LogP contribution in [0.5, 0.6) is 0 Å². The summed E-state index contributed by atoms with van der Waals surface area (Å²) >= 11 is 0. The third-order valence-electron chi connectivity index (χ3n) is 5.62. The van der Waals surface area contributed by atoms with Gasteiger partial charge in [0.1, 0.15) is 11.9 Å². The Morgan fingerprint density at radius 3 is 2.48 bits per heavy atom. The Morgan fingerprint density at radius 1 is 1.07 bits per heavy atom. The van der Waals surface area contributed by atoms with Crippen molar-refractivity contribution >= 4 is 11.9 Å². The smallest absolute Gasteiger partial charge is 0.315 e. The van der Waals surface area contributed by atoms with Crippen LogP contribution in [0, 0.1) is 5.82 Å². The fraction of sp³-hybridized carbons (Fsp3) is 0.619. The van der Waals surface area contributed by atoms with E-state index in [1.165, 1.54) is 12.1 Å². The van der Waals surface area contributed by atoms with Crippen molar-refractivity contribution in [3.05, 3.63) is 35.6 Å². The van der Waals surface area contributed by atoms with Crippen LogP contribution in [-0.2, 0) is 16.1 Å². The molecule has 3 amide bonds. The number of urea groups is 1. The van der Waals surface area contributed by atoms with Crippen LogP contribution in [0.25, 0.3) is 0 Å². The zero-order valence-corrected chi connectivity index (χ0v) is 16.5. The maximum Gasteiger partial charge on any atom is 0.315 e. The number of rotatable bonds is 7. The molecule has 0 bridgehead atoms. The summed E-state index contributed by atoms with van der Waals surface area (Å²) in [7, 11) is 0. The average molecular weight is 407 g/mol. The van der Waals surface area contributed by atoms with Crippen molar-refractivity contribution in [2.45, 2.75) is 75.8 Å². The number of halogens is 1. The number of amides is 3. The molecule has 1 aliphatic heterocycles. The lowest BCUT2D eigenvalue weighted by Gasteiger charge is -2.36. The maximum atomic E-state index is 12.9. The summed E-state index contributed by atoms with van der Waals surface area (Å²) < 4.78 is 18.8. The molecule has 1 saturated carbocycles. The number of carbonyl (C=O) groups excluding carboxylic acids is 2. The topological polar surface area (TPSA) is 99.7 Å². The molecule has 8 heteroatoms. The number of hydrogen-bond acceptors (Lipinski definition) is 4. The van der Waals surface area contributed by atoms with Gasteiger partial charge in [-0.3, -0.25) is 4.79 Å². The predicted octanol–water partition coefficient (Wildman–Crippen LogP) is 1.98. The van der Waals surface area contributed by atoms with E-state index < -0.39 is 6.10 Å². The van der Waals surface area contributed by atoms with Gasteiger partial charge in [-0.25, -0.2) is 9.18 Å². The van der Waals surface area contributed by atoms with E-state index in [0.717, 1.165) is 31.2 Å². The molecule has 7 nitrogen and oxygen atoms in total. The number of ether oxygens (including phenoxy) is 1. The molecular weight excluding hydrogens is 377 g/mol. The van der Waals surface area contributed by atoms with Crippen LogP contribution in [-0.4, -0.2) is 47.9 Å². The monoisotopic (exact) mass is 407 g/mol. The Morgan fingerprint density at radius 2 is 1.79 bits per heavy atom. The number of benzene rings is 1. The molecule has 1 aromatic carbocycles. The highest BCUT2D eigenvalue weighted by Crippen LogP contribution is 2.22. The minimum absolute atomic E-state index is 0.165. The van der Waals surface area contributed by atoms with Gasteiger partial charge in [0.25, 0.3) is 0 Å². The van der Waals surface area contributed by atoms with Crippen molar-refractivity contribution in [2.75, 3.05) is 6.61 Å². The Balaban J connectivity index is 1.40. The predicted molar refractivity (Wildman–Crippen MR) is 106 cm³/mol. The molecule has 1 saturated heterocycles. The molecule has 2 aliphatic rings. The molecule has 0 aromatic heterocycles. The molecule has 0 radical (unpaired) electrons. The Hall–Kier alpha value is -2.19. The van der Waals surface area contributed by atoms with Crippen molar-refractivity contribution in [3.8, 4) is 0 Å². The van der Waals surface area contributed by atoms with Crippen molar-refractivity contribution in [1.82, 2.24) is 16.0 Å². The number of carbonyl (C=O) groups is 2. The van der Waals surface area contributed by atoms with Gasteiger partial charge < -0.3 is 25.8 Å². The summed E-state index contributed by atoms with van der Waals surface area (Å²) in [6.07, 6.45) is 4.89. The van der Waals surface area contributed by atoms with Gasteiger partial charge in [0, 0.05) is 12.6 Å². The van der Waals surface area contributed by atoms with Gasteiger partial charge in [0.15, 0.2) is 0 Å². The molecule has 2 fully saturated rings. The second-order valence-corrected chi connectivity index (χ2v) is 7.87. The van der Waals surface area contributed by atoms with E-state index >= 15 is 0 Å². The second kappa shape index (κ2) is 10.5. The molecule has 1 heterocycles. The lowest BCUT2D eigenvalue weighted by Crippen LogP contribution is -2.54. The highest BCUT2D eigenvalue weighted by molar-refractivity contribution is 5.76. The number of aliphatic hydroxyl groups excluding tert-OH is 1. The minimum atomic E-state index is -0.534. The maximum absolute atomic E-state index is 12.9. The molecule has 29 heavy (non-hydrogen) atoms. The Kier molecular flexibility index (Phi) is 7.83. The summed E-state index contributed by atoms with van der Waals surface area (Å²) in [5, 5.41) is 18.3. The number of aliphatic hydroxyl groups is 1. The lowest BCUT2D eigenvalue weighted by molar-refractivity contribution is -0.130. The van der Waals surface area contributed by atoms with Gasteiger partial charge in [0.2, 0.25) is 5.91 Å². The quantitative estimate of drug-likeness (QED) is 0.555. The molecule has 0 unspecified atom stereocenters. The highest BCUT2D eigenvalue weighted by Gasteiger charge is 2.33. The van der Waals surface area contributed by atoms with Crippen LogP contribution in [0.15, 0.2) is 24.3 Å². The van der Waals surface area contributed by atoms with Crippen molar-refractivity contribution in [1.29, 1.82) is 0 Å². The fourth-order valence-corrected chi connectivity index (χ4v) is 3.99. The standard InChI is InChI=1S/C21H30FN3O4/c22-15-7-5-14(6-8-15)12-23-20(27)11-17-9-10-18(19(13-26)29-17)25-21(28)24-16-3-1-2-4-16/h5-8,16-19,26H,1-4,9-13H2,(H,23,27)(H2,24,25,28)/t17-,18+,19+/m1/s1. The van der Waals surface area contributed by atoms with Gasteiger partial charge >= 0.3 is 6.03 Å². The summed E-state index contributed by atoms with van der Waals surface area (Å²) in [6, 6.07) is 5.69. The summed E-state index contributed by atoms with van der Waals surface area (Å²) in [6.45, 7) is 0.100. The van der Waals surface area contributed by atoms with Gasteiger partial charge in [-0.05, 0) is 43.4 Å². The summed E-state index contributed by atoms with van der Waals surface area (Å²) in [4.78, 5) is 24.4. The van der Waals surface area contributed by atoms with Crippen LogP contribution in [0.2, 0.25) is 0 Å². The zero-order valence-electron chi connectivity index (χ0n) is 16.5.